The molecule has 1 heterocycles. The van der Waals surface area contributed by atoms with Crippen LogP contribution < -0.4 is 15.7 Å². The molecule has 0 fully saturated rings. The van der Waals surface area contributed by atoms with Crippen LogP contribution in [0.1, 0.15) is 17.3 Å². The van der Waals surface area contributed by atoms with Gasteiger partial charge in [0.1, 0.15) is 17.7 Å². The fourth-order valence-corrected chi connectivity index (χ4v) is 1.97. The van der Waals surface area contributed by atoms with Crippen molar-refractivity contribution >= 4 is 40.4 Å². The number of carboxylic acid groups (broad SMARTS) is 1. The number of hydrogen-bond donors (Lipinski definition) is 2. The lowest BCUT2D eigenvalue weighted by Crippen LogP contribution is -2.32. The largest absolute Gasteiger partial charge is 0.480 e. The third-order valence-electron chi connectivity index (χ3n) is 2.69. The number of carbonyl (C=O) groups is 3. The van der Waals surface area contributed by atoms with E-state index in [1.54, 1.807) is 0 Å². The second kappa shape index (κ2) is 6.49. The summed E-state index contributed by atoms with van der Waals surface area (Å²) in [5.74, 6) is -2.73. The average Bonchev–Trinajstić information content (AvgIpc) is 2.45. The zero-order valence-corrected chi connectivity index (χ0v) is 12.5. The first-order valence-corrected chi connectivity index (χ1v) is 6.61. The molecule has 1 aromatic heterocycles. The van der Waals surface area contributed by atoms with Gasteiger partial charge in [0.05, 0.1) is 5.02 Å². The van der Waals surface area contributed by atoms with Crippen molar-refractivity contribution in [3.63, 3.8) is 0 Å². The molecule has 9 heteroatoms. The summed E-state index contributed by atoms with van der Waals surface area (Å²) in [6.07, 6.45) is 0. The van der Waals surface area contributed by atoms with Gasteiger partial charge < -0.3 is 19.6 Å². The van der Waals surface area contributed by atoms with Gasteiger partial charge >= 0.3 is 17.6 Å². The fourth-order valence-electron chi connectivity index (χ4n) is 1.76. The molecule has 23 heavy (non-hydrogen) atoms. The van der Waals surface area contributed by atoms with Crippen LogP contribution in [-0.2, 0) is 9.59 Å². The second-order valence-electron chi connectivity index (χ2n) is 4.44. The number of amides is 1. The number of esters is 1. The summed E-state index contributed by atoms with van der Waals surface area (Å²) in [6, 6.07) is 3.81. The van der Waals surface area contributed by atoms with E-state index in [1.807, 2.05) is 0 Å². The van der Waals surface area contributed by atoms with E-state index >= 15 is 0 Å². The predicted octanol–water partition coefficient (Wildman–Crippen LogP) is 1.19. The first-order chi connectivity index (χ1) is 10.8. The Labute approximate surface area is 133 Å². The summed E-state index contributed by atoms with van der Waals surface area (Å²) >= 11 is 5.95. The van der Waals surface area contributed by atoms with Crippen molar-refractivity contribution in [2.45, 2.75) is 6.92 Å². The minimum Gasteiger partial charge on any atom is -0.480 e. The lowest BCUT2D eigenvalue weighted by molar-refractivity contribution is -0.136. The fraction of sp³-hybridized carbons (Fsp3) is 0.143. The molecule has 0 saturated carbocycles. The molecule has 0 aliphatic rings. The van der Waals surface area contributed by atoms with Crippen molar-refractivity contribution in [3.05, 3.63) is 39.2 Å². The SMILES string of the molecule is CC(=O)Oc1cc2oc(=O)c(C(=O)NCC(=O)O)cc2cc1Cl. The van der Waals surface area contributed by atoms with Crippen LogP contribution in [0.2, 0.25) is 5.02 Å². The number of aliphatic carboxylic acids is 1. The summed E-state index contributed by atoms with van der Waals surface area (Å²) < 4.78 is 9.84. The average molecular weight is 340 g/mol. The highest BCUT2D eigenvalue weighted by Gasteiger charge is 2.16. The monoisotopic (exact) mass is 339 g/mol. The van der Waals surface area contributed by atoms with Crippen LogP contribution in [0.15, 0.2) is 27.4 Å². The number of nitrogens with one attached hydrogen (secondary N) is 1. The number of hydrogen-bond acceptors (Lipinski definition) is 6. The third kappa shape index (κ3) is 3.86. The molecule has 0 aliphatic carbocycles. The number of carbonyl (C=O) groups excluding carboxylic acids is 2. The van der Waals surface area contributed by atoms with Gasteiger partial charge in [0.25, 0.3) is 5.91 Å². The predicted molar refractivity (Wildman–Crippen MR) is 78.8 cm³/mol. The quantitative estimate of drug-likeness (QED) is 0.487. The number of rotatable bonds is 4. The van der Waals surface area contributed by atoms with E-state index in [4.69, 9.17) is 25.9 Å². The summed E-state index contributed by atoms with van der Waals surface area (Å²) in [7, 11) is 0. The van der Waals surface area contributed by atoms with E-state index < -0.39 is 30.0 Å². The highest BCUT2D eigenvalue weighted by molar-refractivity contribution is 6.33. The van der Waals surface area contributed by atoms with Crippen molar-refractivity contribution in [1.82, 2.24) is 5.32 Å². The zero-order chi connectivity index (χ0) is 17.1. The van der Waals surface area contributed by atoms with Crippen LogP contribution in [0.3, 0.4) is 0 Å². The van der Waals surface area contributed by atoms with Gasteiger partial charge in [-0.15, -0.1) is 0 Å². The lowest BCUT2D eigenvalue weighted by Gasteiger charge is -2.07. The van der Waals surface area contributed by atoms with Crippen LogP contribution in [0.4, 0.5) is 0 Å². The smallest absolute Gasteiger partial charge is 0.349 e. The number of halogens is 1. The molecule has 0 atom stereocenters. The minimum atomic E-state index is -1.25. The first kappa shape index (κ1) is 16.5. The Morgan fingerprint density at radius 2 is 2.00 bits per heavy atom. The highest BCUT2D eigenvalue weighted by Crippen LogP contribution is 2.30. The lowest BCUT2D eigenvalue weighted by atomic mass is 10.1. The maximum absolute atomic E-state index is 11.8. The van der Waals surface area contributed by atoms with E-state index in [2.05, 4.69) is 5.32 Å². The summed E-state index contributed by atoms with van der Waals surface area (Å²) in [6.45, 7) is 0.551. The highest BCUT2D eigenvalue weighted by atomic mass is 35.5. The third-order valence-corrected chi connectivity index (χ3v) is 2.98. The molecule has 0 unspecified atom stereocenters. The molecular weight excluding hydrogens is 330 g/mol. The molecule has 0 spiro atoms. The molecule has 0 bridgehead atoms. The molecule has 2 rings (SSSR count). The van der Waals surface area contributed by atoms with Crippen LogP contribution in [0, 0.1) is 0 Å². The van der Waals surface area contributed by atoms with Crippen LogP contribution >= 0.6 is 11.6 Å². The van der Waals surface area contributed by atoms with Crippen molar-refractivity contribution in [1.29, 1.82) is 0 Å². The van der Waals surface area contributed by atoms with Crippen molar-refractivity contribution < 1.29 is 28.6 Å². The van der Waals surface area contributed by atoms with E-state index in [1.165, 1.54) is 25.1 Å². The van der Waals surface area contributed by atoms with Gasteiger partial charge in [-0.2, -0.15) is 0 Å². The molecular formula is C14H10ClNO7. The van der Waals surface area contributed by atoms with Crippen LogP contribution in [0.25, 0.3) is 11.0 Å². The van der Waals surface area contributed by atoms with Gasteiger partial charge in [-0.25, -0.2) is 4.79 Å². The van der Waals surface area contributed by atoms with E-state index in [-0.39, 0.29) is 21.9 Å². The van der Waals surface area contributed by atoms with Gasteiger partial charge in [0.15, 0.2) is 5.75 Å². The Balaban J connectivity index is 2.45. The summed E-state index contributed by atoms with van der Waals surface area (Å²) in [4.78, 5) is 45.0. The Morgan fingerprint density at radius 3 is 2.61 bits per heavy atom. The van der Waals surface area contributed by atoms with Crippen LogP contribution in [-0.4, -0.2) is 29.5 Å². The number of fused-ring (bicyclic) bond motifs is 1. The Morgan fingerprint density at radius 1 is 1.30 bits per heavy atom. The van der Waals surface area contributed by atoms with Crippen molar-refractivity contribution in [2.24, 2.45) is 0 Å². The van der Waals surface area contributed by atoms with E-state index in [0.717, 1.165) is 0 Å². The Bertz CT molecular complexity index is 871. The van der Waals surface area contributed by atoms with Crippen molar-refractivity contribution in [2.75, 3.05) is 6.54 Å². The normalized spacial score (nSPS) is 10.3. The Kier molecular flexibility index (Phi) is 4.65. The second-order valence-corrected chi connectivity index (χ2v) is 4.85. The zero-order valence-electron chi connectivity index (χ0n) is 11.7. The number of ether oxygens (including phenoxy) is 1. The minimum absolute atomic E-state index is 0.0119. The van der Waals surface area contributed by atoms with Gasteiger partial charge in [0, 0.05) is 18.4 Å². The first-order valence-electron chi connectivity index (χ1n) is 6.23. The molecule has 0 saturated heterocycles. The Hall–Kier alpha value is -2.87. The van der Waals surface area contributed by atoms with E-state index in [0.29, 0.717) is 5.39 Å². The molecule has 1 aromatic carbocycles. The molecule has 8 nitrogen and oxygen atoms in total. The number of carboxylic acids is 1. The molecule has 0 radical (unpaired) electrons. The van der Waals surface area contributed by atoms with Gasteiger partial charge in [-0.05, 0) is 12.1 Å². The summed E-state index contributed by atoms with van der Waals surface area (Å²) in [5, 5.41) is 11.0. The van der Waals surface area contributed by atoms with E-state index in [9.17, 15) is 19.2 Å². The summed E-state index contributed by atoms with van der Waals surface area (Å²) in [5.41, 5.74) is -1.27. The molecule has 120 valence electrons. The molecule has 1 amide bonds. The maximum atomic E-state index is 11.8. The number of benzene rings is 1. The van der Waals surface area contributed by atoms with Gasteiger partial charge in [0.2, 0.25) is 0 Å². The van der Waals surface area contributed by atoms with Gasteiger partial charge in [-0.1, -0.05) is 11.6 Å². The van der Waals surface area contributed by atoms with Gasteiger partial charge in [-0.3, -0.25) is 14.4 Å². The topological polar surface area (TPSA) is 123 Å². The molecule has 2 aromatic rings. The van der Waals surface area contributed by atoms with Crippen LogP contribution in [0.5, 0.6) is 5.75 Å². The maximum Gasteiger partial charge on any atom is 0.349 e. The standard InChI is InChI=1S/C14H10ClNO7/c1-6(17)22-11-4-10-7(3-9(11)15)2-8(14(21)23-10)13(20)16-5-12(18)19/h2-4H,5H2,1H3,(H,16,20)(H,18,19). The molecule has 2 N–H and O–H groups in total. The van der Waals surface area contributed by atoms with Crippen molar-refractivity contribution in [3.8, 4) is 5.75 Å². The molecule has 0 aliphatic heterocycles.